The Labute approximate surface area is 200 Å². The van der Waals surface area contributed by atoms with Crippen LogP contribution in [0.5, 0.6) is 17.2 Å². The number of nitrogens with one attached hydrogen (secondary N) is 1. The molecule has 1 N–H and O–H groups in total. The van der Waals surface area contributed by atoms with Gasteiger partial charge in [-0.25, -0.2) is 8.42 Å². The van der Waals surface area contributed by atoms with Gasteiger partial charge in [-0.1, -0.05) is 18.2 Å². The van der Waals surface area contributed by atoms with Gasteiger partial charge in [-0.15, -0.1) is 0 Å². The lowest BCUT2D eigenvalue weighted by molar-refractivity contribution is -0.120. The van der Waals surface area contributed by atoms with Gasteiger partial charge < -0.3 is 19.5 Å². The molecule has 0 aromatic heterocycles. The molecule has 0 radical (unpaired) electrons. The minimum atomic E-state index is -4.03. The lowest BCUT2D eigenvalue weighted by Crippen LogP contribution is -2.41. The van der Waals surface area contributed by atoms with Crippen molar-refractivity contribution in [3.8, 4) is 17.2 Å². The molecule has 0 spiro atoms. The Morgan fingerprint density at radius 1 is 0.882 bits per heavy atom. The molecule has 0 saturated carbocycles. The molecule has 9 heteroatoms. The summed E-state index contributed by atoms with van der Waals surface area (Å²) in [6, 6.07) is 19.3. The van der Waals surface area contributed by atoms with Crippen molar-refractivity contribution >= 4 is 21.6 Å². The van der Waals surface area contributed by atoms with Crippen LogP contribution in [0.1, 0.15) is 18.5 Å². The van der Waals surface area contributed by atoms with Crippen molar-refractivity contribution in [3.63, 3.8) is 0 Å². The molecule has 0 unspecified atom stereocenters. The average molecular weight is 485 g/mol. The minimum Gasteiger partial charge on any atom is -0.497 e. The molecule has 180 valence electrons. The smallest absolute Gasteiger partial charge is 0.264 e. The monoisotopic (exact) mass is 484 g/mol. The lowest BCUT2D eigenvalue weighted by atomic mass is 10.1. The van der Waals surface area contributed by atoms with E-state index in [1.807, 2.05) is 0 Å². The maximum absolute atomic E-state index is 13.5. The van der Waals surface area contributed by atoms with Gasteiger partial charge in [0.1, 0.15) is 23.8 Å². The first-order valence-electron chi connectivity index (χ1n) is 10.5. The van der Waals surface area contributed by atoms with Crippen LogP contribution >= 0.6 is 0 Å². The molecule has 0 aliphatic carbocycles. The van der Waals surface area contributed by atoms with Crippen LogP contribution in [0.2, 0.25) is 0 Å². The summed E-state index contributed by atoms with van der Waals surface area (Å²) in [5, 5.41) is 2.86. The number of para-hydroxylation sites is 1. The van der Waals surface area contributed by atoms with Gasteiger partial charge in [0.25, 0.3) is 10.0 Å². The largest absolute Gasteiger partial charge is 0.497 e. The molecule has 0 bridgehead atoms. The first-order valence-corrected chi connectivity index (χ1v) is 12.0. The predicted molar refractivity (Wildman–Crippen MR) is 130 cm³/mol. The van der Waals surface area contributed by atoms with Gasteiger partial charge in [-0.05, 0) is 61.5 Å². The fourth-order valence-corrected chi connectivity index (χ4v) is 4.88. The average Bonchev–Trinajstić information content (AvgIpc) is 2.87. The number of ether oxygens (including phenoxy) is 3. The van der Waals surface area contributed by atoms with E-state index in [4.69, 9.17) is 14.2 Å². The second-order valence-electron chi connectivity index (χ2n) is 7.42. The molecule has 3 aromatic rings. The number of methoxy groups -OCH3 is 3. The molecule has 0 aliphatic heterocycles. The summed E-state index contributed by atoms with van der Waals surface area (Å²) in [5.41, 5.74) is 1.08. The van der Waals surface area contributed by atoms with Crippen LogP contribution in [0.4, 0.5) is 5.69 Å². The van der Waals surface area contributed by atoms with Crippen LogP contribution in [0, 0.1) is 0 Å². The van der Waals surface area contributed by atoms with E-state index in [-0.39, 0.29) is 4.90 Å². The maximum atomic E-state index is 13.5. The number of amides is 1. The number of anilines is 1. The third-order valence-corrected chi connectivity index (χ3v) is 7.05. The SMILES string of the molecule is COc1ccc(S(=O)(=O)N(CC(=O)N[C@@H](C)c2cc(OC)ccc2OC)c2ccccc2)cc1. The second-order valence-corrected chi connectivity index (χ2v) is 9.28. The Balaban J connectivity index is 1.88. The Bertz CT molecular complexity index is 1210. The zero-order valence-electron chi connectivity index (χ0n) is 19.5. The molecule has 0 aliphatic rings. The van der Waals surface area contributed by atoms with E-state index in [1.54, 1.807) is 81.8 Å². The number of benzene rings is 3. The normalized spacial score (nSPS) is 11.9. The highest BCUT2D eigenvalue weighted by Gasteiger charge is 2.28. The van der Waals surface area contributed by atoms with Crippen molar-refractivity contribution in [2.45, 2.75) is 17.9 Å². The summed E-state index contributed by atoms with van der Waals surface area (Å²) in [5.74, 6) is 1.26. The zero-order valence-corrected chi connectivity index (χ0v) is 20.3. The van der Waals surface area contributed by atoms with Crippen molar-refractivity contribution < 1.29 is 27.4 Å². The maximum Gasteiger partial charge on any atom is 0.264 e. The molecule has 1 atom stereocenters. The van der Waals surface area contributed by atoms with Crippen LogP contribution in [-0.4, -0.2) is 42.2 Å². The van der Waals surface area contributed by atoms with E-state index in [0.29, 0.717) is 28.5 Å². The highest BCUT2D eigenvalue weighted by molar-refractivity contribution is 7.92. The van der Waals surface area contributed by atoms with Gasteiger partial charge in [0, 0.05) is 5.56 Å². The number of hydrogen-bond acceptors (Lipinski definition) is 6. The number of hydrogen-bond donors (Lipinski definition) is 1. The van der Waals surface area contributed by atoms with Crippen molar-refractivity contribution in [3.05, 3.63) is 78.4 Å². The Kier molecular flexibility index (Phi) is 8.01. The third kappa shape index (κ3) is 5.60. The van der Waals surface area contributed by atoms with E-state index in [0.717, 1.165) is 4.31 Å². The predicted octanol–water partition coefficient (Wildman–Crippen LogP) is 3.79. The zero-order chi connectivity index (χ0) is 24.7. The van der Waals surface area contributed by atoms with Crippen molar-refractivity contribution in [2.24, 2.45) is 0 Å². The van der Waals surface area contributed by atoms with E-state index in [2.05, 4.69) is 5.32 Å². The van der Waals surface area contributed by atoms with Crippen LogP contribution in [0.25, 0.3) is 0 Å². The van der Waals surface area contributed by atoms with Crippen LogP contribution < -0.4 is 23.8 Å². The van der Waals surface area contributed by atoms with Crippen LogP contribution in [-0.2, 0) is 14.8 Å². The molecular weight excluding hydrogens is 456 g/mol. The van der Waals surface area contributed by atoms with E-state index >= 15 is 0 Å². The van der Waals surface area contributed by atoms with Gasteiger partial charge in [0.2, 0.25) is 5.91 Å². The molecule has 3 aromatic carbocycles. The Morgan fingerprint density at radius 3 is 2.09 bits per heavy atom. The van der Waals surface area contributed by atoms with Crippen molar-refractivity contribution in [1.29, 1.82) is 0 Å². The summed E-state index contributed by atoms with van der Waals surface area (Å²) in [4.78, 5) is 13.1. The van der Waals surface area contributed by atoms with E-state index in [9.17, 15) is 13.2 Å². The van der Waals surface area contributed by atoms with Crippen LogP contribution in [0.15, 0.2) is 77.7 Å². The standard InChI is InChI=1S/C25H28N2O6S/c1-18(23-16-21(32-3)12-15-24(23)33-4)26-25(28)17-27(19-8-6-5-7-9-19)34(29,30)22-13-10-20(31-2)11-14-22/h5-16,18H,17H2,1-4H3,(H,26,28)/t18-/m0/s1. The number of carbonyl (C=O) groups excluding carboxylic acids is 1. The molecule has 0 fully saturated rings. The Hall–Kier alpha value is -3.72. The van der Waals surface area contributed by atoms with Crippen LogP contribution in [0.3, 0.4) is 0 Å². The van der Waals surface area contributed by atoms with E-state index in [1.165, 1.54) is 19.2 Å². The summed E-state index contributed by atoms with van der Waals surface area (Å²) < 4.78 is 43.8. The fraction of sp³-hybridized carbons (Fsp3) is 0.240. The van der Waals surface area contributed by atoms with Gasteiger partial charge in [-0.3, -0.25) is 9.10 Å². The van der Waals surface area contributed by atoms with Gasteiger partial charge in [0.15, 0.2) is 0 Å². The molecule has 1 amide bonds. The summed E-state index contributed by atoms with van der Waals surface area (Å²) in [6.07, 6.45) is 0. The van der Waals surface area contributed by atoms with E-state index < -0.39 is 28.5 Å². The summed E-state index contributed by atoms with van der Waals surface area (Å²) in [6.45, 7) is 1.38. The number of sulfonamides is 1. The topological polar surface area (TPSA) is 94.2 Å². The highest BCUT2D eigenvalue weighted by Crippen LogP contribution is 2.30. The number of carbonyl (C=O) groups is 1. The van der Waals surface area contributed by atoms with Crippen molar-refractivity contribution in [1.82, 2.24) is 5.32 Å². The molecule has 0 heterocycles. The summed E-state index contributed by atoms with van der Waals surface area (Å²) >= 11 is 0. The first-order chi connectivity index (χ1) is 16.3. The Morgan fingerprint density at radius 2 is 1.50 bits per heavy atom. The fourth-order valence-electron chi connectivity index (χ4n) is 3.46. The minimum absolute atomic E-state index is 0.0486. The molecule has 3 rings (SSSR count). The molecular formula is C25H28N2O6S. The summed E-state index contributed by atoms with van der Waals surface area (Å²) in [7, 11) is 0.569. The van der Waals surface area contributed by atoms with Crippen molar-refractivity contribution in [2.75, 3.05) is 32.2 Å². The quantitative estimate of drug-likeness (QED) is 0.471. The second kappa shape index (κ2) is 10.9. The van der Waals surface area contributed by atoms with Gasteiger partial charge in [-0.2, -0.15) is 0 Å². The van der Waals surface area contributed by atoms with Gasteiger partial charge >= 0.3 is 0 Å². The molecule has 34 heavy (non-hydrogen) atoms. The molecule has 8 nitrogen and oxygen atoms in total. The molecule has 0 saturated heterocycles. The number of rotatable bonds is 10. The number of nitrogens with zero attached hydrogens (tertiary/aromatic N) is 1. The highest BCUT2D eigenvalue weighted by atomic mass is 32.2. The third-order valence-electron chi connectivity index (χ3n) is 5.26. The van der Waals surface area contributed by atoms with Gasteiger partial charge in [0.05, 0.1) is 38.0 Å². The first kappa shape index (κ1) is 24.9. The lowest BCUT2D eigenvalue weighted by Gasteiger charge is -2.25.